The molecule has 0 unspecified atom stereocenters. The van der Waals surface area contributed by atoms with E-state index in [-0.39, 0.29) is 18.2 Å². The summed E-state index contributed by atoms with van der Waals surface area (Å²) in [6, 6.07) is 13.2. The maximum absolute atomic E-state index is 12.0. The van der Waals surface area contributed by atoms with Crippen molar-refractivity contribution in [1.29, 1.82) is 0 Å². The molecule has 1 aliphatic carbocycles. The van der Waals surface area contributed by atoms with Gasteiger partial charge in [-0.05, 0) is 62.6 Å². The zero-order valence-electron chi connectivity index (χ0n) is 15.2. The van der Waals surface area contributed by atoms with Gasteiger partial charge >= 0.3 is 0 Å². The van der Waals surface area contributed by atoms with Gasteiger partial charge in [-0.2, -0.15) is 0 Å². The number of nitrogens with one attached hydrogen (secondary N) is 2. The van der Waals surface area contributed by atoms with Gasteiger partial charge in [0.15, 0.2) is 0 Å². The second kappa shape index (κ2) is 8.04. The summed E-state index contributed by atoms with van der Waals surface area (Å²) in [6.45, 7) is 4.34. The molecule has 5 heteroatoms. The smallest absolute Gasteiger partial charge is 0.251 e. The summed E-state index contributed by atoms with van der Waals surface area (Å²) in [5, 5.41) is 5.76. The topological polar surface area (TPSA) is 67.4 Å². The Morgan fingerprint density at radius 3 is 2.46 bits per heavy atom. The fourth-order valence-electron chi connectivity index (χ4n) is 2.64. The van der Waals surface area contributed by atoms with Gasteiger partial charge in [0.25, 0.3) is 5.91 Å². The molecule has 2 amide bonds. The van der Waals surface area contributed by atoms with Crippen molar-refractivity contribution in [2.45, 2.75) is 39.2 Å². The number of hydrogen-bond donors (Lipinski definition) is 2. The average Bonchev–Trinajstić information content (AvgIpc) is 3.41. The molecule has 0 aromatic heterocycles. The highest BCUT2D eigenvalue weighted by molar-refractivity contribution is 5.96. The van der Waals surface area contributed by atoms with E-state index in [9.17, 15) is 9.59 Å². The molecule has 136 valence electrons. The molecule has 1 aliphatic rings. The first-order valence-electron chi connectivity index (χ1n) is 8.92. The molecular formula is C21H24N2O3. The summed E-state index contributed by atoms with van der Waals surface area (Å²) in [5.41, 5.74) is 3.52. The predicted octanol–water partition coefficient (Wildman–Crippen LogP) is 3.60. The van der Waals surface area contributed by atoms with Gasteiger partial charge in [0, 0.05) is 17.3 Å². The number of benzene rings is 2. The second-order valence-electron chi connectivity index (χ2n) is 6.74. The largest absolute Gasteiger partial charge is 0.493 e. The molecule has 0 bridgehead atoms. The van der Waals surface area contributed by atoms with E-state index in [2.05, 4.69) is 16.7 Å². The first kappa shape index (κ1) is 18.0. The quantitative estimate of drug-likeness (QED) is 0.800. The lowest BCUT2D eigenvalue weighted by Gasteiger charge is -2.10. The number of amides is 2. The molecule has 2 aromatic rings. The molecule has 0 heterocycles. The number of anilines is 1. The normalized spacial score (nSPS) is 13.2. The third kappa shape index (κ3) is 5.09. The molecular weight excluding hydrogens is 328 g/mol. The SMILES string of the molecule is Cc1ccc(OCCC(=O)Nc2ccc(C(=O)NC3CC3)cc2)c(C)c1. The molecule has 0 spiro atoms. The second-order valence-corrected chi connectivity index (χ2v) is 6.74. The van der Waals surface area contributed by atoms with Crippen LogP contribution in [0.3, 0.4) is 0 Å². The monoisotopic (exact) mass is 352 g/mol. The Hall–Kier alpha value is -2.82. The molecule has 0 atom stereocenters. The summed E-state index contributed by atoms with van der Waals surface area (Å²) in [5.74, 6) is 0.617. The summed E-state index contributed by atoms with van der Waals surface area (Å²) in [6.07, 6.45) is 2.38. The van der Waals surface area contributed by atoms with Crippen molar-refractivity contribution in [3.05, 3.63) is 59.2 Å². The molecule has 1 fully saturated rings. The lowest BCUT2D eigenvalue weighted by Crippen LogP contribution is -2.25. The van der Waals surface area contributed by atoms with Crippen LogP contribution in [-0.2, 0) is 4.79 Å². The molecule has 2 N–H and O–H groups in total. The van der Waals surface area contributed by atoms with E-state index < -0.39 is 0 Å². The van der Waals surface area contributed by atoms with Gasteiger partial charge in [0.05, 0.1) is 13.0 Å². The van der Waals surface area contributed by atoms with Gasteiger partial charge in [-0.15, -0.1) is 0 Å². The third-order valence-corrected chi connectivity index (χ3v) is 4.26. The maximum Gasteiger partial charge on any atom is 0.251 e. The van der Waals surface area contributed by atoms with Crippen LogP contribution in [0.5, 0.6) is 5.75 Å². The third-order valence-electron chi connectivity index (χ3n) is 4.26. The Labute approximate surface area is 153 Å². The average molecular weight is 352 g/mol. The van der Waals surface area contributed by atoms with Crippen LogP contribution < -0.4 is 15.4 Å². The molecule has 1 saturated carbocycles. The number of carbonyl (C=O) groups excluding carboxylic acids is 2. The number of rotatable bonds is 7. The van der Waals surface area contributed by atoms with Gasteiger partial charge in [-0.25, -0.2) is 0 Å². The number of ether oxygens (including phenoxy) is 1. The molecule has 0 aliphatic heterocycles. The van der Waals surface area contributed by atoms with Crippen molar-refractivity contribution in [2.24, 2.45) is 0 Å². The minimum Gasteiger partial charge on any atom is -0.493 e. The fourth-order valence-corrected chi connectivity index (χ4v) is 2.64. The molecule has 3 rings (SSSR count). The fraction of sp³-hybridized carbons (Fsp3) is 0.333. The lowest BCUT2D eigenvalue weighted by atomic mass is 10.1. The van der Waals surface area contributed by atoms with Gasteiger partial charge in [0.1, 0.15) is 5.75 Å². The standard InChI is InChI=1S/C21H24N2O3/c1-14-3-10-19(15(2)13-14)26-12-11-20(24)22-17-6-4-16(5-7-17)21(25)23-18-8-9-18/h3-7,10,13,18H,8-9,11-12H2,1-2H3,(H,22,24)(H,23,25). The van der Waals surface area contributed by atoms with E-state index in [1.54, 1.807) is 24.3 Å². The van der Waals surface area contributed by atoms with Crippen LogP contribution in [0.15, 0.2) is 42.5 Å². The van der Waals surface area contributed by atoms with Crippen molar-refractivity contribution in [3.63, 3.8) is 0 Å². The van der Waals surface area contributed by atoms with E-state index in [4.69, 9.17) is 4.74 Å². The van der Waals surface area contributed by atoms with Crippen LogP contribution >= 0.6 is 0 Å². The molecule has 0 saturated heterocycles. The van der Waals surface area contributed by atoms with Crippen LogP contribution in [0, 0.1) is 13.8 Å². The summed E-state index contributed by atoms with van der Waals surface area (Å²) in [4.78, 5) is 24.0. The first-order valence-corrected chi connectivity index (χ1v) is 8.92. The Morgan fingerprint density at radius 2 is 1.81 bits per heavy atom. The Kier molecular flexibility index (Phi) is 5.56. The summed E-state index contributed by atoms with van der Waals surface area (Å²) < 4.78 is 5.68. The molecule has 2 aromatic carbocycles. The Morgan fingerprint density at radius 1 is 1.08 bits per heavy atom. The lowest BCUT2D eigenvalue weighted by molar-refractivity contribution is -0.116. The van der Waals surface area contributed by atoms with Crippen molar-refractivity contribution < 1.29 is 14.3 Å². The highest BCUT2D eigenvalue weighted by Crippen LogP contribution is 2.20. The number of aryl methyl sites for hydroxylation is 2. The summed E-state index contributed by atoms with van der Waals surface area (Å²) in [7, 11) is 0. The van der Waals surface area contributed by atoms with Gasteiger partial charge in [0.2, 0.25) is 5.91 Å². The van der Waals surface area contributed by atoms with Gasteiger partial charge < -0.3 is 15.4 Å². The van der Waals surface area contributed by atoms with Crippen LogP contribution in [0.2, 0.25) is 0 Å². The van der Waals surface area contributed by atoms with Gasteiger partial charge in [-0.3, -0.25) is 9.59 Å². The van der Waals surface area contributed by atoms with Crippen molar-refractivity contribution in [2.75, 3.05) is 11.9 Å². The zero-order chi connectivity index (χ0) is 18.5. The van der Waals surface area contributed by atoms with E-state index in [1.165, 1.54) is 5.56 Å². The van der Waals surface area contributed by atoms with Gasteiger partial charge in [-0.1, -0.05) is 17.7 Å². The minimum atomic E-state index is -0.120. The van der Waals surface area contributed by atoms with Crippen LogP contribution in [0.4, 0.5) is 5.69 Å². The Balaban J connectivity index is 1.44. The summed E-state index contributed by atoms with van der Waals surface area (Å²) >= 11 is 0. The van der Waals surface area contributed by atoms with Crippen LogP contribution in [0.1, 0.15) is 40.7 Å². The zero-order valence-corrected chi connectivity index (χ0v) is 15.2. The van der Waals surface area contributed by atoms with E-state index in [0.29, 0.717) is 23.9 Å². The maximum atomic E-state index is 12.0. The van der Waals surface area contributed by atoms with Crippen LogP contribution in [-0.4, -0.2) is 24.5 Å². The predicted molar refractivity (Wildman–Crippen MR) is 102 cm³/mol. The Bertz CT molecular complexity index is 795. The molecule has 5 nitrogen and oxygen atoms in total. The van der Waals surface area contributed by atoms with E-state index in [1.807, 2.05) is 26.0 Å². The first-order chi connectivity index (χ1) is 12.5. The van der Waals surface area contributed by atoms with Crippen molar-refractivity contribution in [1.82, 2.24) is 5.32 Å². The minimum absolute atomic E-state index is 0.0627. The van der Waals surface area contributed by atoms with Crippen LogP contribution in [0.25, 0.3) is 0 Å². The van der Waals surface area contributed by atoms with Crippen molar-refractivity contribution in [3.8, 4) is 5.75 Å². The molecule has 0 radical (unpaired) electrons. The van der Waals surface area contributed by atoms with Crippen molar-refractivity contribution >= 4 is 17.5 Å². The van der Waals surface area contributed by atoms with E-state index in [0.717, 1.165) is 24.2 Å². The number of carbonyl (C=O) groups is 2. The number of hydrogen-bond acceptors (Lipinski definition) is 3. The highest BCUT2D eigenvalue weighted by Gasteiger charge is 2.23. The van der Waals surface area contributed by atoms with E-state index >= 15 is 0 Å². The molecule has 26 heavy (non-hydrogen) atoms. The highest BCUT2D eigenvalue weighted by atomic mass is 16.5.